The van der Waals surface area contributed by atoms with Crippen LogP contribution in [0.1, 0.15) is 22.0 Å². The van der Waals surface area contributed by atoms with E-state index in [0.29, 0.717) is 17.9 Å². The maximum absolute atomic E-state index is 12.7. The Bertz CT molecular complexity index is 923. The third-order valence-corrected chi connectivity index (χ3v) is 6.04. The SMILES string of the molecule is COc1ccc(Br)c(C(=O)NCC(c2csc3ccccc23)N(C)C)c1. The Morgan fingerprint density at radius 3 is 2.77 bits per heavy atom. The highest BCUT2D eigenvalue weighted by Crippen LogP contribution is 2.32. The van der Waals surface area contributed by atoms with Gasteiger partial charge in [-0.25, -0.2) is 0 Å². The van der Waals surface area contributed by atoms with Gasteiger partial charge in [0.15, 0.2) is 0 Å². The molecular weight excluding hydrogens is 412 g/mol. The molecule has 0 saturated carbocycles. The van der Waals surface area contributed by atoms with E-state index < -0.39 is 0 Å². The molecule has 0 bridgehead atoms. The molecule has 1 aromatic heterocycles. The molecule has 0 aliphatic heterocycles. The summed E-state index contributed by atoms with van der Waals surface area (Å²) >= 11 is 5.18. The molecule has 1 atom stereocenters. The molecule has 0 radical (unpaired) electrons. The minimum atomic E-state index is -0.123. The topological polar surface area (TPSA) is 41.6 Å². The first-order valence-electron chi connectivity index (χ1n) is 8.25. The molecular formula is C20H21BrN2O2S. The fourth-order valence-corrected chi connectivity index (χ4v) is 4.35. The second-order valence-corrected chi connectivity index (χ2v) is 7.99. The molecule has 1 amide bonds. The lowest BCUT2D eigenvalue weighted by Crippen LogP contribution is -2.34. The molecule has 3 rings (SSSR count). The lowest BCUT2D eigenvalue weighted by molar-refractivity contribution is 0.0941. The van der Waals surface area contributed by atoms with E-state index in [2.05, 4.69) is 55.8 Å². The zero-order valence-electron chi connectivity index (χ0n) is 15.0. The number of methoxy groups -OCH3 is 1. The Balaban J connectivity index is 1.80. The van der Waals surface area contributed by atoms with Crippen molar-refractivity contribution in [1.82, 2.24) is 10.2 Å². The molecule has 0 saturated heterocycles. The Morgan fingerprint density at radius 1 is 1.27 bits per heavy atom. The zero-order chi connectivity index (χ0) is 18.7. The van der Waals surface area contributed by atoms with Crippen LogP contribution >= 0.6 is 27.3 Å². The van der Waals surface area contributed by atoms with E-state index in [1.165, 1.54) is 15.6 Å². The van der Waals surface area contributed by atoms with E-state index in [9.17, 15) is 4.79 Å². The van der Waals surface area contributed by atoms with Crippen LogP contribution < -0.4 is 10.1 Å². The highest BCUT2D eigenvalue weighted by atomic mass is 79.9. The number of amides is 1. The largest absolute Gasteiger partial charge is 0.497 e. The van der Waals surface area contributed by atoms with Crippen molar-refractivity contribution in [2.75, 3.05) is 27.7 Å². The third-order valence-electron chi connectivity index (χ3n) is 4.37. The van der Waals surface area contributed by atoms with Gasteiger partial charge in [-0.3, -0.25) is 4.79 Å². The summed E-state index contributed by atoms with van der Waals surface area (Å²) in [5, 5.41) is 6.49. The number of ether oxygens (including phenoxy) is 1. The fourth-order valence-electron chi connectivity index (χ4n) is 2.92. The van der Waals surface area contributed by atoms with Crippen molar-refractivity contribution in [1.29, 1.82) is 0 Å². The first-order chi connectivity index (χ1) is 12.5. The number of carbonyl (C=O) groups excluding carboxylic acids is 1. The van der Waals surface area contributed by atoms with E-state index in [1.54, 1.807) is 24.5 Å². The van der Waals surface area contributed by atoms with Gasteiger partial charge in [-0.1, -0.05) is 18.2 Å². The first-order valence-corrected chi connectivity index (χ1v) is 9.93. The van der Waals surface area contributed by atoms with E-state index in [1.807, 2.05) is 26.2 Å². The number of hydrogen-bond acceptors (Lipinski definition) is 4. The van der Waals surface area contributed by atoms with Crippen LogP contribution in [0, 0.1) is 0 Å². The number of rotatable bonds is 6. The van der Waals surface area contributed by atoms with Crippen molar-refractivity contribution in [2.45, 2.75) is 6.04 Å². The van der Waals surface area contributed by atoms with Crippen molar-refractivity contribution >= 4 is 43.3 Å². The molecule has 26 heavy (non-hydrogen) atoms. The number of hydrogen-bond donors (Lipinski definition) is 1. The lowest BCUT2D eigenvalue weighted by Gasteiger charge is -2.24. The van der Waals surface area contributed by atoms with E-state index >= 15 is 0 Å². The molecule has 1 unspecified atom stereocenters. The second kappa shape index (κ2) is 8.20. The average Bonchev–Trinajstić information content (AvgIpc) is 3.06. The summed E-state index contributed by atoms with van der Waals surface area (Å²) in [6.45, 7) is 0.524. The number of thiophene rings is 1. The molecule has 6 heteroatoms. The van der Waals surface area contributed by atoms with Crippen molar-refractivity contribution in [3.05, 3.63) is 63.4 Å². The molecule has 4 nitrogen and oxygen atoms in total. The van der Waals surface area contributed by atoms with Gasteiger partial charge in [0.05, 0.1) is 18.7 Å². The van der Waals surface area contributed by atoms with Crippen LogP contribution in [-0.2, 0) is 0 Å². The predicted molar refractivity (Wildman–Crippen MR) is 111 cm³/mol. The summed E-state index contributed by atoms with van der Waals surface area (Å²) in [6.07, 6.45) is 0. The minimum Gasteiger partial charge on any atom is -0.497 e. The molecule has 1 heterocycles. The number of benzene rings is 2. The number of fused-ring (bicyclic) bond motifs is 1. The fraction of sp³-hybridized carbons (Fsp3) is 0.250. The summed E-state index contributed by atoms with van der Waals surface area (Å²) in [5.74, 6) is 0.536. The van der Waals surface area contributed by atoms with Gasteiger partial charge in [-0.15, -0.1) is 11.3 Å². The van der Waals surface area contributed by atoms with Gasteiger partial charge in [0.2, 0.25) is 0 Å². The highest BCUT2D eigenvalue weighted by molar-refractivity contribution is 9.10. The molecule has 2 aromatic carbocycles. The normalized spacial score (nSPS) is 12.3. The van der Waals surface area contributed by atoms with Crippen molar-refractivity contribution in [2.24, 2.45) is 0 Å². The smallest absolute Gasteiger partial charge is 0.252 e. The van der Waals surface area contributed by atoms with Gasteiger partial charge in [0.1, 0.15) is 5.75 Å². The number of likely N-dealkylation sites (N-methyl/N-ethyl adjacent to an activating group) is 1. The molecule has 0 fully saturated rings. The maximum atomic E-state index is 12.7. The van der Waals surface area contributed by atoms with Gasteiger partial charge in [-0.2, -0.15) is 0 Å². The summed E-state index contributed by atoms with van der Waals surface area (Å²) in [5.41, 5.74) is 1.80. The molecule has 1 N–H and O–H groups in total. The van der Waals surface area contributed by atoms with Gasteiger partial charge in [0.25, 0.3) is 5.91 Å². The summed E-state index contributed by atoms with van der Waals surface area (Å²) in [6, 6.07) is 13.8. The molecule has 0 aliphatic carbocycles. The number of nitrogens with zero attached hydrogens (tertiary/aromatic N) is 1. The number of carbonyl (C=O) groups is 1. The molecule has 0 aliphatic rings. The van der Waals surface area contributed by atoms with Gasteiger partial charge < -0.3 is 15.0 Å². The Hall–Kier alpha value is -1.89. The quantitative estimate of drug-likeness (QED) is 0.613. The maximum Gasteiger partial charge on any atom is 0.252 e. The van der Waals surface area contributed by atoms with E-state index in [-0.39, 0.29) is 11.9 Å². The highest BCUT2D eigenvalue weighted by Gasteiger charge is 2.20. The predicted octanol–water partition coefficient (Wildman–Crippen LogP) is 4.71. The Labute approximate surface area is 165 Å². The van der Waals surface area contributed by atoms with Crippen molar-refractivity contribution in [3.63, 3.8) is 0 Å². The number of halogens is 1. The van der Waals surface area contributed by atoms with Gasteiger partial charge >= 0.3 is 0 Å². The average molecular weight is 433 g/mol. The summed E-state index contributed by atoms with van der Waals surface area (Å²) < 4.78 is 7.23. The van der Waals surface area contributed by atoms with Gasteiger partial charge in [0, 0.05) is 15.7 Å². The van der Waals surface area contributed by atoms with Crippen molar-refractivity contribution < 1.29 is 9.53 Å². The van der Waals surface area contributed by atoms with Crippen LogP contribution in [0.2, 0.25) is 0 Å². The van der Waals surface area contributed by atoms with Crippen LogP contribution in [0.15, 0.2) is 52.3 Å². The van der Waals surface area contributed by atoms with E-state index in [0.717, 1.165) is 4.47 Å². The standard InChI is InChI=1S/C20H21BrN2O2S/c1-23(2)18(16-12-26-19-7-5-4-6-14(16)19)11-22-20(24)15-10-13(25-3)8-9-17(15)21/h4-10,12,18H,11H2,1-3H3,(H,22,24). The zero-order valence-corrected chi connectivity index (χ0v) is 17.4. The summed E-state index contributed by atoms with van der Waals surface area (Å²) in [7, 11) is 5.66. The van der Waals surface area contributed by atoms with Crippen LogP contribution in [-0.4, -0.2) is 38.6 Å². The third kappa shape index (κ3) is 3.92. The molecule has 3 aromatic rings. The second-order valence-electron chi connectivity index (χ2n) is 6.22. The minimum absolute atomic E-state index is 0.0967. The van der Waals surface area contributed by atoms with Crippen LogP contribution in [0.3, 0.4) is 0 Å². The first kappa shape index (κ1) is 18.9. The van der Waals surface area contributed by atoms with Crippen molar-refractivity contribution in [3.8, 4) is 5.75 Å². The van der Waals surface area contributed by atoms with Crippen LogP contribution in [0.25, 0.3) is 10.1 Å². The monoisotopic (exact) mass is 432 g/mol. The Kier molecular flexibility index (Phi) is 5.96. The Morgan fingerprint density at radius 2 is 2.04 bits per heavy atom. The molecule has 136 valence electrons. The number of nitrogens with one attached hydrogen (secondary N) is 1. The van der Waals surface area contributed by atoms with Crippen LogP contribution in [0.5, 0.6) is 5.75 Å². The van der Waals surface area contributed by atoms with Crippen LogP contribution in [0.4, 0.5) is 0 Å². The molecule has 0 spiro atoms. The summed E-state index contributed by atoms with van der Waals surface area (Å²) in [4.78, 5) is 14.8. The lowest BCUT2D eigenvalue weighted by atomic mass is 10.0. The van der Waals surface area contributed by atoms with E-state index in [4.69, 9.17) is 4.74 Å². The van der Waals surface area contributed by atoms with Gasteiger partial charge in [-0.05, 0) is 70.6 Å².